The van der Waals surface area contributed by atoms with Crippen LogP contribution in [0, 0.1) is 5.92 Å². The molecule has 2 aromatic carbocycles. The highest BCUT2D eigenvalue weighted by atomic mass is 35.5. The van der Waals surface area contributed by atoms with Gasteiger partial charge in [0.15, 0.2) is 0 Å². The van der Waals surface area contributed by atoms with E-state index in [-0.39, 0.29) is 36.0 Å². The number of alkyl halides is 2. The molecule has 0 spiro atoms. The molecule has 0 bridgehead atoms. The van der Waals surface area contributed by atoms with Gasteiger partial charge in [-0.15, -0.1) is 0 Å². The average Bonchev–Trinajstić information content (AvgIpc) is 3.03. The highest BCUT2D eigenvalue weighted by Gasteiger charge is 2.32. The Morgan fingerprint density at radius 3 is 2.57 bits per heavy atom. The third-order valence-electron chi connectivity index (χ3n) is 6.04. The smallest absolute Gasteiger partial charge is 0.303 e. The lowest BCUT2D eigenvalue weighted by Crippen LogP contribution is -2.21. The Hall–Kier alpha value is -2.19. The fourth-order valence-electron chi connectivity index (χ4n) is 4.39. The number of aryl methyl sites for hydroxylation is 1. The summed E-state index contributed by atoms with van der Waals surface area (Å²) in [6.07, 6.45) is 0.258. The number of carboxylic acid groups (broad SMARTS) is 1. The van der Waals surface area contributed by atoms with E-state index in [1.54, 1.807) is 19.1 Å². The van der Waals surface area contributed by atoms with E-state index in [1.165, 1.54) is 24.3 Å². The molecule has 1 aromatic heterocycles. The van der Waals surface area contributed by atoms with Gasteiger partial charge in [-0.2, -0.15) is 8.78 Å². The van der Waals surface area contributed by atoms with Crippen LogP contribution in [0.4, 0.5) is 8.78 Å². The molecule has 1 heterocycles. The van der Waals surface area contributed by atoms with E-state index in [1.807, 2.05) is 17.7 Å². The van der Waals surface area contributed by atoms with Crippen molar-refractivity contribution >= 4 is 40.1 Å². The van der Waals surface area contributed by atoms with Crippen LogP contribution >= 0.6 is 23.2 Å². The van der Waals surface area contributed by atoms with Crippen LogP contribution in [0.2, 0.25) is 10.0 Å². The van der Waals surface area contributed by atoms with Crippen molar-refractivity contribution < 1.29 is 28.5 Å². The maximum Gasteiger partial charge on any atom is 0.303 e. The summed E-state index contributed by atoms with van der Waals surface area (Å²) in [5.74, 6) is -4.32. The monoisotopic (exact) mass is 527 g/mol. The standard InChI is InChI=1S/C26H29Cl2F2NO4/c1-16(12-24(33)34)11-23(32)25-20-14-19(28)8-9-21(20)31(2)22(25)7-4-10-35-15-26(29,30)17-5-3-6-18(27)13-17/h3,5-6,8-9,13-14,16,23,32H,4,7,10-12,15H2,1-2H3,(H,33,34). The Labute approximate surface area is 213 Å². The first-order valence-corrected chi connectivity index (χ1v) is 12.1. The molecule has 0 radical (unpaired) electrons. The van der Waals surface area contributed by atoms with E-state index in [9.17, 15) is 18.7 Å². The van der Waals surface area contributed by atoms with Crippen molar-refractivity contribution in [3.63, 3.8) is 0 Å². The number of aliphatic hydroxyl groups excluding tert-OH is 1. The number of carbonyl (C=O) groups is 1. The van der Waals surface area contributed by atoms with Crippen LogP contribution < -0.4 is 0 Å². The normalized spacial score (nSPS) is 13.8. The van der Waals surface area contributed by atoms with Gasteiger partial charge in [0, 0.05) is 57.8 Å². The van der Waals surface area contributed by atoms with Crippen LogP contribution in [0.15, 0.2) is 42.5 Å². The summed E-state index contributed by atoms with van der Waals surface area (Å²) in [7, 11) is 1.87. The van der Waals surface area contributed by atoms with Gasteiger partial charge in [0.25, 0.3) is 5.92 Å². The Morgan fingerprint density at radius 2 is 1.89 bits per heavy atom. The number of halogens is 4. The summed E-state index contributed by atoms with van der Waals surface area (Å²) in [6.45, 7) is 1.12. The number of rotatable bonds is 12. The maximum atomic E-state index is 14.4. The van der Waals surface area contributed by atoms with E-state index < -0.39 is 24.6 Å². The first-order valence-electron chi connectivity index (χ1n) is 11.4. The van der Waals surface area contributed by atoms with E-state index in [0.717, 1.165) is 16.6 Å². The van der Waals surface area contributed by atoms with Crippen LogP contribution in [0.25, 0.3) is 10.9 Å². The summed E-state index contributed by atoms with van der Waals surface area (Å²) >= 11 is 12.0. The average molecular weight is 528 g/mol. The van der Waals surface area contributed by atoms with Crippen LogP contribution in [-0.2, 0) is 28.9 Å². The zero-order valence-electron chi connectivity index (χ0n) is 19.6. The number of aromatic nitrogens is 1. The van der Waals surface area contributed by atoms with Crippen molar-refractivity contribution in [2.75, 3.05) is 13.2 Å². The molecular weight excluding hydrogens is 499 g/mol. The van der Waals surface area contributed by atoms with Crippen LogP contribution in [0.1, 0.15) is 49.1 Å². The Kier molecular flexibility index (Phi) is 9.16. The van der Waals surface area contributed by atoms with Gasteiger partial charge in [-0.3, -0.25) is 4.79 Å². The van der Waals surface area contributed by atoms with Crippen molar-refractivity contribution in [2.24, 2.45) is 13.0 Å². The van der Waals surface area contributed by atoms with Crippen LogP contribution in [-0.4, -0.2) is 34.0 Å². The number of ether oxygens (including phenoxy) is 1. The molecule has 0 saturated heterocycles. The molecule has 190 valence electrons. The minimum Gasteiger partial charge on any atom is -0.481 e. The fraction of sp³-hybridized carbons (Fsp3) is 0.423. The predicted octanol–water partition coefficient (Wildman–Crippen LogP) is 6.76. The Morgan fingerprint density at radius 1 is 1.17 bits per heavy atom. The lowest BCUT2D eigenvalue weighted by Gasteiger charge is -2.18. The SMILES string of the molecule is CC(CC(=O)O)CC(O)c1c(CCCOCC(F)(F)c2cccc(Cl)c2)n(C)c2ccc(Cl)cc12. The van der Waals surface area contributed by atoms with E-state index in [2.05, 4.69) is 0 Å². The second-order valence-electron chi connectivity index (χ2n) is 8.91. The third-order valence-corrected chi connectivity index (χ3v) is 6.51. The van der Waals surface area contributed by atoms with Gasteiger partial charge in [0.05, 0.1) is 6.10 Å². The largest absolute Gasteiger partial charge is 0.481 e. The molecular formula is C26H29Cl2F2NO4. The first-order chi connectivity index (χ1) is 16.5. The molecule has 2 unspecified atom stereocenters. The van der Waals surface area contributed by atoms with Gasteiger partial charge in [0.2, 0.25) is 0 Å². The van der Waals surface area contributed by atoms with Gasteiger partial charge in [-0.25, -0.2) is 0 Å². The minimum absolute atomic E-state index is 0.0490. The zero-order valence-corrected chi connectivity index (χ0v) is 21.1. The number of fused-ring (bicyclic) bond motifs is 1. The molecule has 0 aliphatic rings. The number of hydrogen-bond acceptors (Lipinski definition) is 3. The van der Waals surface area contributed by atoms with Crippen molar-refractivity contribution in [2.45, 2.75) is 44.6 Å². The molecule has 2 N–H and O–H groups in total. The minimum atomic E-state index is -3.16. The van der Waals surface area contributed by atoms with Gasteiger partial charge in [-0.1, -0.05) is 42.3 Å². The second-order valence-corrected chi connectivity index (χ2v) is 9.78. The van der Waals surface area contributed by atoms with Crippen LogP contribution in [0.3, 0.4) is 0 Å². The third kappa shape index (κ3) is 6.94. The lowest BCUT2D eigenvalue weighted by molar-refractivity contribution is -0.138. The summed E-state index contributed by atoms with van der Waals surface area (Å²) in [6, 6.07) is 11.0. The molecule has 3 rings (SSSR count). The number of hydrogen-bond donors (Lipinski definition) is 2. The molecule has 35 heavy (non-hydrogen) atoms. The zero-order chi connectivity index (χ0) is 25.8. The summed E-state index contributed by atoms with van der Waals surface area (Å²) in [5, 5.41) is 21.7. The van der Waals surface area contributed by atoms with Crippen LogP contribution in [0.5, 0.6) is 0 Å². The van der Waals surface area contributed by atoms with E-state index in [4.69, 9.17) is 33.0 Å². The molecule has 0 fully saturated rings. The highest BCUT2D eigenvalue weighted by Crippen LogP contribution is 2.36. The van der Waals surface area contributed by atoms with Gasteiger partial charge in [0.1, 0.15) is 6.61 Å². The molecule has 0 aliphatic heterocycles. The summed E-state index contributed by atoms with van der Waals surface area (Å²) < 4.78 is 36.1. The summed E-state index contributed by atoms with van der Waals surface area (Å²) in [5.41, 5.74) is 2.20. The Balaban J connectivity index is 1.71. The number of carboxylic acids is 1. The predicted molar refractivity (Wildman–Crippen MR) is 133 cm³/mol. The Bertz CT molecular complexity index is 1180. The molecule has 0 aliphatic carbocycles. The van der Waals surface area contributed by atoms with Crippen molar-refractivity contribution in [1.82, 2.24) is 4.57 Å². The topological polar surface area (TPSA) is 71.7 Å². The second kappa shape index (κ2) is 11.7. The van der Waals surface area contributed by atoms with Gasteiger partial charge >= 0.3 is 5.97 Å². The molecule has 0 amide bonds. The highest BCUT2D eigenvalue weighted by molar-refractivity contribution is 6.31. The van der Waals surface area contributed by atoms with Crippen molar-refractivity contribution in [1.29, 1.82) is 0 Å². The number of aliphatic hydroxyl groups is 1. The maximum absolute atomic E-state index is 14.4. The van der Waals surface area contributed by atoms with Crippen molar-refractivity contribution in [3.8, 4) is 0 Å². The van der Waals surface area contributed by atoms with E-state index in [0.29, 0.717) is 23.4 Å². The molecule has 5 nitrogen and oxygen atoms in total. The van der Waals surface area contributed by atoms with Gasteiger partial charge in [-0.05, 0) is 55.5 Å². The molecule has 9 heteroatoms. The van der Waals surface area contributed by atoms with Gasteiger partial charge < -0.3 is 19.5 Å². The number of aliphatic carboxylic acids is 1. The quantitative estimate of drug-likeness (QED) is 0.255. The lowest BCUT2D eigenvalue weighted by atomic mass is 9.93. The molecule has 0 saturated carbocycles. The number of benzene rings is 2. The van der Waals surface area contributed by atoms with E-state index >= 15 is 0 Å². The van der Waals surface area contributed by atoms with Crippen molar-refractivity contribution in [3.05, 3.63) is 69.3 Å². The molecule has 3 aromatic rings. The number of nitrogens with zero attached hydrogens (tertiary/aromatic N) is 1. The summed E-state index contributed by atoms with van der Waals surface area (Å²) in [4.78, 5) is 11.1. The first kappa shape index (κ1) is 27.4. The molecule has 2 atom stereocenters. The fourth-order valence-corrected chi connectivity index (χ4v) is 4.76.